The maximum Gasteiger partial charge on any atom is 0.305 e. The van der Waals surface area contributed by atoms with Crippen LogP contribution in [0.3, 0.4) is 0 Å². The molecule has 0 fully saturated rings. The molecule has 0 amide bonds. The molecular formula is C43H54O11. The van der Waals surface area contributed by atoms with E-state index in [2.05, 4.69) is 19.1 Å². The van der Waals surface area contributed by atoms with Crippen molar-refractivity contribution >= 4 is 11.8 Å². The van der Waals surface area contributed by atoms with Gasteiger partial charge in [0.05, 0.1) is 7.11 Å². The molecule has 11 heteroatoms. The first-order chi connectivity index (χ1) is 26.2. The predicted octanol–water partition coefficient (Wildman–Crippen LogP) is 8.95. The van der Waals surface area contributed by atoms with Gasteiger partial charge in [-0.25, -0.2) is 0 Å². The van der Waals surface area contributed by atoms with Crippen LogP contribution in [0.25, 0.3) is 0 Å². The minimum absolute atomic E-state index is 0.0611. The van der Waals surface area contributed by atoms with Crippen molar-refractivity contribution < 1.29 is 53.7 Å². The Kier molecular flexibility index (Phi) is 14.9. The maximum absolute atomic E-state index is 13.0. The number of carbonyl (C=O) groups excluding carboxylic acids is 2. The Morgan fingerprint density at radius 3 is 2.09 bits per heavy atom. The molecule has 11 nitrogen and oxygen atoms in total. The van der Waals surface area contributed by atoms with Crippen LogP contribution in [0, 0.1) is 0 Å². The van der Waals surface area contributed by atoms with Crippen molar-refractivity contribution in [1.29, 1.82) is 0 Å². The van der Waals surface area contributed by atoms with Crippen molar-refractivity contribution in [2.45, 2.75) is 121 Å². The minimum atomic E-state index is -1.65. The highest BCUT2D eigenvalue weighted by atomic mass is 16.6. The van der Waals surface area contributed by atoms with Crippen molar-refractivity contribution in [3.05, 3.63) is 77.4 Å². The number of aliphatic hydroxyl groups excluding tert-OH is 1. The third-order valence-electron chi connectivity index (χ3n) is 9.87. The number of hydrogen-bond acceptors (Lipinski definition) is 11. The van der Waals surface area contributed by atoms with E-state index in [-0.39, 0.29) is 46.9 Å². The van der Waals surface area contributed by atoms with Gasteiger partial charge in [0, 0.05) is 24.1 Å². The molecule has 2 aliphatic heterocycles. The summed E-state index contributed by atoms with van der Waals surface area (Å²) < 4.78 is 29.6. The average molecular weight is 747 g/mol. The molecule has 0 saturated heterocycles. The topological polar surface area (TPSA) is 161 Å². The highest BCUT2D eigenvalue weighted by Gasteiger charge is 2.41. The molecule has 5 rings (SSSR count). The second-order valence-corrected chi connectivity index (χ2v) is 14.0. The van der Waals surface area contributed by atoms with Crippen LogP contribution < -0.4 is 18.9 Å². The molecule has 0 radical (unpaired) electrons. The normalized spacial score (nSPS) is 19.0. The Morgan fingerprint density at radius 1 is 0.722 bits per heavy atom. The number of benzene rings is 3. The summed E-state index contributed by atoms with van der Waals surface area (Å²) in [6.07, 6.45) is 15.8. The average Bonchev–Trinajstić information content (AvgIpc) is 3.16. The first-order valence-electron chi connectivity index (χ1n) is 19.3. The molecule has 0 aliphatic carbocycles. The number of fused-ring (bicyclic) bond motifs is 2. The third kappa shape index (κ3) is 10.6. The Labute approximate surface area is 317 Å². The first-order valence-corrected chi connectivity index (χ1v) is 19.3. The largest absolute Gasteiger partial charge is 0.508 e. The van der Waals surface area contributed by atoms with E-state index in [1.165, 1.54) is 64.2 Å². The number of Topliss-reactive ketones (excluding diaryl/α,β-unsaturated/α-hetero) is 1. The molecule has 292 valence electrons. The van der Waals surface area contributed by atoms with Gasteiger partial charge in [0.2, 0.25) is 5.78 Å². The van der Waals surface area contributed by atoms with E-state index in [0.717, 1.165) is 44.6 Å². The summed E-state index contributed by atoms with van der Waals surface area (Å²) in [7, 11) is 1.43. The number of rotatable bonds is 20. The number of esters is 1. The van der Waals surface area contributed by atoms with Gasteiger partial charge < -0.3 is 44.1 Å². The third-order valence-corrected chi connectivity index (χ3v) is 9.87. The molecule has 54 heavy (non-hydrogen) atoms. The molecule has 3 aromatic rings. The Morgan fingerprint density at radius 2 is 1.37 bits per heavy atom. The van der Waals surface area contributed by atoms with Gasteiger partial charge in [-0.1, -0.05) is 82.6 Å². The molecule has 4 atom stereocenters. The van der Waals surface area contributed by atoms with Crippen LogP contribution in [0.15, 0.2) is 60.7 Å². The lowest BCUT2D eigenvalue weighted by molar-refractivity contribution is -0.148. The highest BCUT2D eigenvalue weighted by molar-refractivity contribution is 6.05. The molecular weight excluding hydrogens is 692 g/mol. The number of aromatic hydroxyl groups is 3. The Hall–Kier alpha value is -4.90. The summed E-state index contributed by atoms with van der Waals surface area (Å²) in [4.78, 5) is 25.8. The Bertz CT molecular complexity index is 1730. The summed E-state index contributed by atoms with van der Waals surface area (Å²) >= 11 is 0. The second kappa shape index (κ2) is 20.0. The van der Waals surface area contributed by atoms with Crippen LogP contribution in [0.5, 0.6) is 40.2 Å². The van der Waals surface area contributed by atoms with Gasteiger partial charge in [-0.3, -0.25) is 9.59 Å². The van der Waals surface area contributed by atoms with Gasteiger partial charge in [-0.05, 0) is 61.9 Å². The smallest absolute Gasteiger partial charge is 0.305 e. The van der Waals surface area contributed by atoms with Crippen LogP contribution in [-0.2, 0) is 9.53 Å². The molecule has 4 N–H and O–H groups in total. The molecule has 0 spiro atoms. The van der Waals surface area contributed by atoms with E-state index in [1.54, 1.807) is 30.3 Å². The van der Waals surface area contributed by atoms with E-state index >= 15 is 0 Å². The molecule has 0 bridgehead atoms. The van der Waals surface area contributed by atoms with E-state index in [0.29, 0.717) is 23.3 Å². The van der Waals surface area contributed by atoms with E-state index in [4.69, 9.17) is 23.7 Å². The van der Waals surface area contributed by atoms with E-state index in [1.807, 2.05) is 0 Å². The number of hydrogen-bond donors (Lipinski definition) is 4. The lowest BCUT2D eigenvalue weighted by Gasteiger charge is -2.35. The van der Waals surface area contributed by atoms with Crippen molar-refractivity contribution in [2.24, 2.45) is 0 Å². The monoisotopic (exact) mass is 746 g/mol. The predicted molar refractivity (Wildman–Crippen MR) is 203 cm³/mol. The quantitative estimate of drug-likeness (QED) is 0.0496. The van der Waals surface area contributed by atoms with Crippen molar-refractivity contribution in [3.8, 4) is 40.2 Å². The molecule has 3 aromatic carbocycles. The van der Waals surface area contributed by atoms with Crippen LogP contribution in [0.1, 0.15) is 131 Å². The zero-order valence-electron chi connectivity index (χ0n) is 31.3. The number of methoxy groups -OCH3 is 1. The number of ether oxygens (including phenoxy) is 5. The molecule has 0 saturated carbocycles. The molecule has 2 heterocycles. The maximum atomic E-state index is 13.0. The number of aliphatic hydroxyl groups is 1. The molecule has 0 aromatic heterocycles. The van der Waals surface area contributed by atoms with Crippen molar-refractivity contribution in [3.63, 3.8) is 0 Å². The highest BCUT2D eigenvalue weighted by Crippen LogP contribution is 2.46. The van der Waals surface area contributed by atoms with Crippen molar-refractivity contribution in [2.75, 3.05) is 13.7 Å². The van der Waals surface area contributed by atoms with Crippen LogP contribution in [-0.4, -0.2) is 58.1 Å². The van der Waals surface area contributed by atoms with E-state index in [9.17, 15) is 30.0 Å². The van der Waals surface area contributed by atoms with Gasteiger partial charge >= 0.3 is 5.97 Å². The van der Waals surface area contributed by atoms with Crippen LogP contribution in [0.4, 0.5) is 0 Å². The van der Waals surface area contributed by atoms with Crippen LogP contribution in [0.2, 0.25) is 0 Å². The zero-order valence-corrected chi connectivity index (χ0v) is 31.3. The second-order valence-electron chi connectivity index (χ2n) is 14.0. The fraction of sp³-hybridized carbons (Fsp3) is 0.488. The Balaban J connectivity index is 1.14. The van der Waals surface area contributed by atoms with Gasteiger partial charge in [-0.15, -0.1) is 0 Å². The van der Waals surface area contributed by atoms with Gasteiger partial charge in [0.25, 0.3) is 0 Å². The lowest BCUT2D eigenvalue weighted by atomic mass is 9.92. The van der Waals surface area contributed by atoms with Crippen LogP contribution >= 0.6 is 0 Å². The van der Waals surface area contributed by atoms with E-state index < -0.39 is 35.9 Å². The minimum Gasteiger partial charge on any atom is -0.508 e. The zero-order chi connectivity index (χ0) is 38.5. The fourth-order valence-electron chi connectivity index (χ4n) is 6.86. The summed E-state index contributed by atoms with van der Waals surface area (Å²) in [5.74, 6) is -1.19. The van der Waals surface area contributed by atoms with Crippen molar-refractivity contribution in [1.82, 2.24) is 0 Å². The standard InChI is InChI=1S/C43H54O11/c1-3-4-5-6-7-8-9-10-11-12-13-14-15-16-17-18-38(47)51-27-37-42(28-19-21-31(45)34(23-28)50-2)53-35-24-29(20-22-33(35)52-37)43-41(49)40(48)39-32(46)25-30(44)26-36(39)54-43/h10-11,19-26,37,41-46,49H,3-9,12-18,27H2,1-2H3/b11-10-/t37?,41-,42?,43+/m0/s1. The summed E-state index contributed by atoms with van der Waals surface area (Å²) in [6, 6.07) is 11.7. The van der Waals surface area contributed by atoms with Gasteiger partial charge in [0.1, 0.15) is 29.4 Å². The number of unbranched alkanes of at least 4 members (excludes halogenated alkanes) is 11. The SMILES string of the molecule is CCCCCCCC/C=C\CCCCCCCC(=O)OCC1Oc2ccc([C@H]3Oc4cc(O)cc(O)c4C(=O)[C@@H]3O)cc2OC1c1ccc(O)c(OC)c1. The number of phenols is 3. The van der Waals surface area contributed by atoms with Gasteiger partial charge in [0.15, 0.2) is 47.4 Å². The molecule has 2 unspecified atom stereocenters. The summed E-state index contributed by atoms with van der Waals surface area (Å²) in [6.45, 7) is 2.15. The number of carbonyl (C=O) groups is 2. The summed E-state index contributed by atoms with van der Waals surface area (Å²) in [5.41, 5.74) is 0.742. The molecule has 2 aliphatic rings. The number of phenolic OH excluding ortho intramolecular Hbond substituents is 3. The number of ketones is 1. The summed E-state index contributed by atoms with van der Waals surface area (Å²) in [5, 5.41) is 41.3. The lowest BCUT2D eigenvalue weighted by Crippen LogP contribution is -2.38. The number of allylic oxidation sites excluding steroid dienone is 2. The fourth-order valence-corrected chi connectivity index (χ4v) is 6.86. The van der Waals surface area contributed by atoms with Gasteiger partial charge in [-0.2, -0.15) is 0 Å². The first kappa shape index (κ1) is 40.3.